The van der Waals surface area contributed by atoms with E-state index in [0.29, 0.717) is 12.0 Å². The van der Waals surface area contributed by atoms with Gasteiger partial charge in [0, 0.05) is 11.6 Å². The van der Waals surface area contributed by atoms with Crippen molar-refractivity contribution in [2.75, 3.05) is 0 Å². The fourth-order valence-corrected chi connectivity index (χ4v) is 1.44. The van der Waals surface area contributed by atoms with Gasteiger partial charge in [-0.1, -0.05) is 6.07 Å². The number of hydrogen-bond donors (Lipinski definition) is 2. The van der Waals surface area contributed by atoms with Crippen molar-refractivity contribution in [3.05, 3.63) is 35.4 Å². The summed E-state index contributed by atoms with van der Waals surface area (Å²) >= 11 is 0. The first-order valence-corrected chi connectivity index (χ1v) is 5.29. The monoisotopic (exact) mass is 228 g/mol. The van der Waals surface area contributed by atoms with Crippen LogP contribution in [0.5, 0.6) is 0 Å². The maximum absolute atomic E-state index is 13.0. The van der Waals surface area contributed by atoms with Crippen molar-refractivity contribution in [1.29, 1.82) is 0 Å². The zero-order valence-electron chi connectivity index (χ0n) is 9.63. The van der Waals surface area contributed by atoms with Crippen molar-refractivity contribution in [3.63, 3.8) is 0 Å². The molecule has 16 heavy (non-hydrogen) atoms. The van der Waals surface area contributed by atoms with Gasteiger partial charge >= 0.3 is 0 Å². The molecule has 1 atom stereocenters. The second kappa shape index (κ2) is 4.89. The molecule has 2 nitrogen and oxygen atoms in total. The van der Waals surface area contributed by atoms with Crippen molar-refractivity contribution in [2.45, 2.75) is 38.3 Å². The lowest BCUT2D eigenvalue weighted by atomic mass is 9.94. The van der Waals surface area contributed by atoms with E-state index >= 15 is 0 Å². The third-order valence-corrected chi connectivity index (χ3v) is 2.47. The Morgan fingerprint density at radius 2 is 1.88 bits per heavy atom. The Kier molecular flexibility index (Phi) is 3.99. The molecule has 4 heteroatoms. The van der Waals surface area contributed by atoms with E-state index in [0.717, 1.165) is 18.6 Å². The molecule has 0 saturated heterocycles. The summed E-state index contributed by atoms with van der Waals surface area (Å²) in [6, 6.07) is 3.44. The fourth-order valence-electron chi connectivity index (χ4n) is 1.44. The molecule has 0 spiro atoms. The van der Waals surface area contributed by atoms with Crippen LogP contribution in [0.3, 0.4) is 0 Å². The van der Waals surface area contributed by atoms with Crippen LogP contribution in [-0.2, 0) is 0 Å². The van der Waals surface area contributed by atoms with E-state index in [2.05, 4.69) is 0 Å². The molecule has 90 valence electrons. The SMILES string of the molecule is CC(C)(N)CCC(N)c1ccc(F)c(F)c1. The Labute approximate surface area is 94.6 Å². The smallest absolute Gasteiger partial charge is 0.159 e. The van der Waals surface area contributed by atoms with Crippen molar-refractivity contribution >= 4 is 0 Å². The standard InChI is InChI=1S/C12H18F2N2/c1-12(2,16)6-5-11(15)8-3-4-9(13)10(14)7-8/h3-4,7,11H,5-6,15-16H2,1-2H3. The van der Waals surface area contributed by atoms with Crippen molar-refractivity contribution in [1.82, 2.24) is 0 Å². The molecule has 0 aliphatic carbocycles. The van der Waals surface area contributed by atoms with E-state index in [1.165, 1.54) is 6.07 Å². The van der Waals surface area contributed by atoms with Gasteiger partial charge in [-0.2, -0.15) is 0 Å². The van der Waals surface area contributed by atoms with Crippen LogP contribution in [0, 0.1) is 11.6 Å². The summed E-state index contributed by atoms with van der Waals surface area (Å²) in [6.07, 6.45) is 1.38. The quantitative estimate of drug-likeness (QED) is 0.831. The zero-order chi connectivity index (χ0) is 12.3. The minimum absolute atomic E-state index is 0.295. The lowest BCUT2D eigenvalue weighted by molar-refractivity contribution is 0.431. The molecule has 0 amide bonds. The van der Waals surface area contributed by atoms with Crippen LogP contribution in [0.15, 0.2) is 18.2 Å². The molecule has 0 fully saturated rings. The third-order valence-electron chi connectivity index (χ3n) is 2.47. The lowest BCUT2D eigenvalue weighted by Gasteiger charge is -2.21. The van der Waals surface area contributed by atoms with Gasteiger partial charge in [0.2, 0.25) is 0 Å². The van der Waals surface area contributed by atoms with Crippen LogP contribution >= 0.6 is 0 Å². The van der Waals surface area contributed by atoms with Crippen LogP contribution < -0.4 is 11.5 Å². The van der Waals surface area contributed by atoms with Crippen LogP contribution in [-0.4, -0.2) is 5.54 Å². The Bertz CT molecular complexity index is 359. The molecule has 0 bridgehead atoms. The maximum Gasteiger partial charge on any atom is 0.159 e. The summed E-state index contributed by atoms with van der Waals surface area (Å²) in [5.74, 6) is -1.71. The second-order valence-electron chi connectivity index (χ2n) is 4.81. The topological polar surface area (TPSA) is 52.0 Å². The van der Waals surface area contributed by atoms with E-state index < -0.39 is 11.6 Å². The Hall–Kier alpha value is -1.00. The Balaban J connectivity index is 2.66. The van der Waals surface area contributed by atoms with Gasteiger partial charge in [-0.05, 0) is 44.4 Å². The normalized spacial score (nSPS) is 13.9. The van der Waals surface area contributed by atoms with Crippen LogP contribution in [0.2, 0.25) is 0 Å². The molecule has 4 N–H and O–H groups in total. The molecular weight excluding hydrogens is 210 g/mol. The average molecular weight is 228 g/mol. The largest absolute Gasteiger partial charge is 0.326 e. The first kappa shape index (κ1) is 13.1. The van der Waals surface area contributed by atoms with Crippen LogP contribution in [0.4, 0.5) is 8.78 Å². The molecule has 0 saturated carbocycles. The summed E-state index contributed by atoms with van der Waals surface area (Å²) in [5.41, 5.74) is 12.0. The average Bonchev–Trinajstić information content (AvgIpc) is 2.17. The van der Waals surface area contributed by atoms with Gasteiger partial charge in [-0.15, -0.1) is 0 Å². The summed E-state index contributed by atoms with van der Waals surface area (Å²) in [6.45, 7) is 3.82. The molecule has 1 rings (SSSR count). The van der Waals surface area contributed by atoms with E-state index in [1.807, 2.05) is 13.8 Å². The minimum atomic E-state index is -0.861. The fraction of sp³-hybridized carbons (Fsp3) is 0.500. The van der Waals surface area contributed by atoms with E-state index in [1.54, 1.807) is 0 Å². The highest BCUT2D eigenvalue weighted by molar-refractivity contribution is 5.20. The highest BCUT2D eigenvalue weighted by atomic mass is 19.2. The van der Waals surface area contributed by atoms with Gasteiger partial charge in [0.05, 0.1) is 0 Å². The van der Waals surface area contributed by atoms with Crippen molar-refractivity contribution < 1.29 is 8.78 Å². The van der Waals surface area contributed by atoms with Crippen LogP contribution in [0.25, 0.3) is 0 Å². The molecule has 0 aromatic heterocycles. The molecule has 1 aromatic rings. The first-order chi connectivity index (χ1) is 7.29. The second-order valence-corrected chi connectivity index (χ2v) is 4.81. The summed E-state index contributed by atoms with van der Waals surface area (Å²) in [4.78, 5) is 0. The van der Waals surface area contributed by atoms with Gasteiger partial charge in [0.15, 0.2) is 11.6 Å². The summed E-state index contributed by atoms with van der Waals surface area (Å²) in [5, 5.41) is 0. The highest BCUT2D eigenvalue weighted by Crippen LogP contribution is 2.21. The van der Waals surface area contributed by atoms with Gasteiger partial charge in [-0.25, -0.2) is 8.78 Å². The van der Waals surface area contributed by atoms with E-state index in [4.69, 9.17) is 11.5 Å². The van der Waals surface area contributed by atoms with Crippen molar-refractivity contribution in [3.8, 4) is 0 Å². The van der Waals surface area contributed by atoms with Gasteiger partial charge in [-0.3, -0.25) is 0 Å². The zero-order valence-corrected chi connectivity index (χ0v) is 9.63. The molecule has 0 aliphatic rings. The molecule has 1 aromatic carbocycles. The first-order valence-electron chi connectivity index (χ1n) is 5.29. The van der Waals surface area contributed by atoms with E-state index in [-0.39, 0.29) is 11.6 Å². The van der Waals surface area contributed by atoms with Gasteiger partial charge < -0.3 is 11.5 Å². The molecule has 0 aliphatic heterocycles. The number of benzene rings is 1. The molecule has 0 radical (unpaired) electrons. The third kappa shape index (κ3) is 3.87. The maximum atomic E-state index is 13.0. The molecular formula is C12H18F2N2. The predicted octanol–water partition coefficient (Wildman–Crippen LogP) is 2.48. The number of hydrogen-bond acceptors (Lipinski definition) is 2. The van der Waals surface area contributed by atoms with Crippen molar-refractivity contribution in [2.24, 2.45) is 11.5 Å². The minimum Gasteiger partial charge on any atom is -0.326 e. The Morgan fingerprint density at radius 1 is 1.25 bits per heavy atom. The van der Waals surface area contributed by atoms with Crippen LogP contribution in [0.1, 0.15) is 38.3 Å². The number of nitrogens with two attached hydrogens (primary N) is 2. The molecule has 0 heterocycles. The van der Waals surface area contributed by atoms with Gasteiger partial charge in [0.25, 0.3) is 0 Å². The molecule has 1 unspecified atom stereocenters. The Morgan fingerprint density at radius 3 is 2.38 bits per heavy atom. The number of rotatable bonds is 4. The number of halogens is 2. The highest BCUT2D eigenvalue weighted by Gasteiger charge is 2.15. The van der Waals surface area contributed by atoms with Gasteiger partial charge in [0.1, 0.15) is 0 Å². The summed E-state index contributed by atoms with van der Waals surface area (Å²) in [7, 11) is 0. The van der Waals surface area contributed by atoms with E-state index in [9.17, 15) is 8.78 Å². The summed E-state index contributed by atoms with van der Waals surface area (Å²) < 4.78 is 25.7. The predicted molar refractivity (Wildman–Crippen MR) is 60.8 cm³/mol. The lowest BCUT2D eigenvalue weighted by Crippen LogP contribution is -2.32.